The average Bonchev–Trinajstić information content (AvgIpc) is 2.82. The highest BCUT2D eigenvalue weighted by Crippen LogP contribution is 2.19. The number of hydrogen-bond donors (Lipinski definition) is 1. The van der Waals surface area contributed by atoms with Crippen LogP contribution in [-0.2, 0) is 29.0 Å². The molecule has 178 valence electrons. The predicted molar refractivity (Wildman–Crippen MR) is 142 cm³/mol. The third-order valence-electron chi connectivity index (χ3n) is 5.47. The lowest BCUT2D eigenvalue weighted by molar-refractivity contribution is -0.140. The first-order valence-corrected chi connectivity index (χ1v) is 12.6. The zero-order valence-corrected chi connectivity index (χ0v) is 21.9. The molecule has 0 spiro atoms. The maximum absolute atomic E-state index is 13.7. The molecule has 4 nitrogen and oxygen atoms in total. The molecule has 3 rings (SSSR count). The largest absolute Gasteiger partial charge is 0.354 e. The van der Waals surface area contributed by atoms with Crippen LogP contribution >= 0.6 is 27.5 Å². The van der Waals surface area contributed by atoms with Crippen molar-refractivity contribution in [2.24, 2.45) is 5.92 Å². The van der Waals surface area contributed by atoms with Crippen molar-refractivity contribution in [3.8, 4) is 0 Å². The number of halogens is 2. The molecule has 0 saturated carbocycles. The summed E-state index contributed by atoms with van der Waals surface area (Å²) in [6.45, 7) is 4.99. The average molecular weight is 542 g/mol. The summed E-state index contributed by atoms with van der Waals surface area (Å²) in [5.41, 5.74) is 2.81. The lowest BCUT2D eigenvalue weighted by Gasteiger charge is -2.32. The second-order valence-corrected chi connectivity index (χ2v) is 10.2. The molecule has 1 N–H and O–H groups in total. The summed E-state index contributed by atoms with van der Waals surface area (Å²) >= 11 is 9.54. The maximum Gasteiger partial charge on any atom is 0.243 e. The second kappa shape index (κ2) is 12.7. The van der Waals surface area contributed by atoms with Crippen molar-refractivity contribution >= 4 is 39.3 Å². The SMILES string of the molecule is CC(C)CNC(=O)C(Cc1ccccc1)N(Cc1cccc(Br)c1)C(=O)Cc1ccc(Cl)cc1. The maximum atomic E-state index is 13.7. The van der Waals surface area contributed by atoms with Gasteiger partial charge in [-0.3, -0.25) is 9.59 Å². The third kappa shape index (κ3) is 8.00. The van der Waals surface area contributed by atoms with Gasteiger partial charge in [-0.15, -0.1) is 0 Å². The number of carbonyl (C=O) groups is 2. The first kappa shape index (κ1) is 26.0. The van der Waals surface area contributed by atoms with Crippen LogP contribution in [0, 0.1) is 5.92 Å². The molecule has 0 heterocycles. The van der Waals surface area contributed by atoms with Gasteiger partial charge in [0.05, 0.1) is 6.42 Å². The number of nitrogens with one attached hydrogen (secondary N) is 1. The number of amides is 2. The minimum atomic E-state index is -0.639. The number of rotatable bonds is 10. The van der Waals surface area contributed by atoms with Crippen molar-refractivity contribution in [3.63, 3.8) is 0 Å². The molecule has 1 unspecified atom stereocenters. The van der Waals surface area contributed by atoms with E-state index in [4.69, 9.17) is 11.6 Å². The van der Waals surface area contributed by atoms with Crippen LogP contribution < -0.4 is 5.32 Å². The Morgan fingerprint density at radius 2 is 1.59 bits per heavy atom. The Hall–Kier alpha value is -2.63. The standard InChI is InChI=1S/C28H30BrClN2O2/c1-20(2)18-31-28(34)26(16-21-7-4-3-5-8-21)32(19-23-9-6-10-24(29)15-23)27(33)17-22-11-13-25(30)14-12-22/h3-15,20,26H,16-19H2,1-2H3,(H,31,34). The van der Waals surface area contributed by atoms with Crippen LogP contribution in [0.4, 0.5) is 0 Å². The van der Waals surface area contributed by atoms with E-state index in [1.54, 1.807) is 17.0 Å². The lowest BCUT2D eigenvalue weighted by Crippen LogP contribution is -2.51. The van der Waals surface area contributed by atoms with E-state index in [9.17, 15) is 9.59 Å². The van der Waals surface area contributed by atoms with Crippen molar-refractivity contribution in [2.45, 2.75) is 39.3 Å². The molecule has 0 fully saturated rings. The third-order valence-corrected chi connectivity index (χ3v) is 6.21. The van der Waals surface area contributed by atoms with Crippen molar-refractivity contribution in [2.75, 3.05) is 6.54 Å². The molecule has 0 aliphatic rings. The molecule has 34 heavy (non-hydrogen) atoms. The van der Waals surface area contributed by atoms with Crippen LogP contribution in [0.3, 0.4) is 0 Å². The zero-order chi connectivity index (χ0) is 24.5. The molecular weight excluding hydrogens is 512 g/mol. The fourth-order valence-corrected chi connectivity index (χ4v) is 4.26. The van der Waals surface area contributed by atoms with E-state index in [0.717, 1.165) is 21.2 Å². The molecule has 0 bridgehead atoms. The van der Waals surface area contributed by atoms with Gasteiger partial charge in [0.15, 0.2) is 0 Å². The lowest BCUT2D eigenvalue weighted by atomic mass is 10.0. The van der Waals surface area contributed by atoms with Gasteiger partial charge in [-0.2, -0.15) is 0 Å². The van der Waals surface area contributed by atoms with E-state index in [0.29, 0.717) is 30.5 Å². The summed E-state index contributed by atoms with van der Waals surface area (Å²) in [6.07, 6.45) is 0.624. The van der Waals surface area contributed by atoms with Crippen molar-refractivity contribution in [1.29, 1.82) is 0 Å². The van der Waals surface area contributed by atoms with Crippen molar-refractivity contribution in [1.82, 2.24) is 10.2 Å². The van der Waals surface area contributed by atoms with E-state index < -0.39 is 6.04 Å². The van der Waals surface area contributed by atoms with E-state index in [1.165, 1.54) is 0 Å². The van der Waals surface area contributed by atoms with Crippen LogP contribution in [0.25, 0.3) is 0 Å². The Labute approximate surface area is 215 Å². The second-order valence-electron chi connectivity index (χ2n) is 8.80. The van der Waals surface area contributed by atoms with Crippen molar-refractivity contribution in [3.05, 3.63) is 105 Å². The van der Waals surface area contributed by atoms with Crippen LogP contribution in [0.5, 0.6) is 0 Å². The Bertz CT molecular complexity index is 1090. The van der Waals surface area contributed by atoms with Gasteiger partial charge in [0.2, 0.25) is 11.8 Å². The molecule has 0 aromatic heterocycles. The molecule has 1 atom stereocenters. The van der Waals surface area contributed by atoms with Crippen LogP contribution in [0.2, 0.25) is 5.02 Å². The first-order valence-electron chi connectivity index (χ1n) is 11.4. The van der Waals surface area contributed by atoms with Gasteiger partial charge in [-0.25, -0.2) is 0 Å². The summed E-state index contributed by atoms with van der Waals surface area (Å²) < 4.78 is 0.930. The van der Waals surface area contributed by atoms with Gasteiger partial charge >= 0.3 is 0 Å². The van der Waals surface area contributed by atoms with E-state index in [2.05, 4.69) is 35.1 Å². The molecule has 0 aliphatic heterocycles. The molecule has 3 aromatic carbocycles. The predicted octanol–water partition coefficient (Wildman–Crippen LogP) is 6.06. The normalized spacial score (nSPS) is 11.8. The monoisotopic (exact) mass is 540 g/mol. The molecule has 2 amide bonds. The summed E-state index contributed by atoms with van der Waals surface area (Å²) in [6, 6.07) is 24.3. The van der Waals surface area contributed by atoms with E-state index >= 15 is 0 Å². The fourth-order valence-electron chi connectivity index (χ4n) is 3.69. The van der Waals surface area contributed by atoms with Gasteiger partial charge in [0.25, 0.3) is 0 Å². The molecule has 6 heteroatoms. The minimum absolute atomic E-state index is 0.108. The molecule has 0 radical (unpaired) electrons. The Morgan fingerprint density at radius 3 is 2.24 bits per heavy atom. The van der Waals surface area contributed by atoms with Crippen LogP contribution in [0.1, 0.15) is 30.5 Å². The summed E-state index contributed by atoms with van der Waals surface area (Å²) in [7, 11) is 0. The Balaban J connectivity index is 1.94. The number of benzene rings is 3. The van der Waals surface area contributed by atoms with Gasteiger partial charge < -0.3 is 10.2 Å². The number of hydrogen-bond acceptors (Lipinski definition) is 2. The quantitative estimate of drug-likeness (QED) is 0.339. The summed E-state index contributed by atoms with van der Waals surface area (Å²) in [4.78, 5) is 28.8. The zero-order valence-electron chi connectivity index (χ0n) is 19.5. The number of nitrogens with zero attached hydrogens (tertiary/aromatic N) is 1. The Kier molecular flexibility index (Phi) is 9.73. The highest BCUT2D eigenvalue weighted by Gasteiger charge is 2.30. The van der Waals surface area contributed by atoms with Crippen LogP contribution in [-0.4, -0.2) is 29.3 Å². The molecular formula is C28H30BrClN2O2. The van der Waals surface area contributed by atoms with Gasteiger partial charge in [0, 0.05) is 29.0 Å². The fraction of sp³-hybridized carbons (Fsp3) is 0.286. The van der Waals surface area contributed by atoms with Gasteiger partial charge in [0.1, 0.15) is 6.04 Å². The van der Waals surface area contributed by atoms with Crippen molar-refractivity contribution < 1.29 is 9.59 Å². The van der Waals surface area contributed by atoms with E-state index in [1.807, 2.05) is 66.7 Å². The minimum Gasteiger partial charge on any atom is -0.354 e. The summed E-state index contributed by atoms with van der Waals surface area (Å²) in [5, 5.41) is 3.67. The highest BCUT2D eigenvalue weighted by molar-refractivity contribution is 9.10. The first-order chi connectivity index (χ1) is 16.3. The van der Waals surface area contributed by atoms with Crippen LogP contribution in [0.15, 0.2) is 83.3 Å². The van der Waals surface area contributed by atoms with Gasteiger partial charge in [-0.05, 0) is 46.9 Å². The molecule has 0 aliphatic carbocycles. The molecule has 0 saturated heterocycles. The molecule has 3 aromatic rings. The topological polar surface area (TPSA) is 49.4 Å². The smallest absolute Gasteiger partial charge is 0.243 e. The number of carbonyl (C=O) groups excluding carboxylic acids is 2. The summed E-state index contributed by atoms with van der Waals surface area (Å²) in [5.74, 6) is 0.0598. The highest BCUT2D eigenvalue weighted by atomic mass is 79.9. The van der Waals surface area contributed by atoms with Gasteiger partial charge in [-0.1, -0.05) is 96.0 Å². The Morgan fingerprint density at radius 1 is 0.912 bits per heavy atom. The van der Waals surface area contributed by atoms with E-state index in [-0.39, 0.29) is 18.2 Å².